The number of halogens is 6. The molecule has 1 N–H and O–H groups in total. The average molecular weight is 291 g/mol. The van der Waals surface area contributed by atoms with E-state index in [1.165, 1.54) is 0 Å². The summed E-state index contributed by atoms with van der Waals surface area (Å²) < 4.78 is 78.6. The van der Waals surface area contributed by atoms with E-state index in [-0.39, 0.29) is 12.3 Å². The van der Waals surface area contributed by atoms with Crippen molar-refractivity contribution < 1.29 is 30.8 Å². The van der Waals surface area contributed by atoms with E-state index >= 15 is 0 Å². The van der Waals surface area contributed by atoms with Crippen molar-refractivity contribution in [3.05, 3.63) is 11.8 Å². The van der Waals surface area contributed by atoms with Gasteiger partial charge in [0.1, 0.15) is 0 Å². The van der Waals surface area contributed by atoms with Crippen LogP contribution in [-0.4, -0.2) is 36.1 Å². The second-order valence-electron chi connectivity index (χ2n) is 3.76. The third kappa shape index (κ3) is 4.37. The highest BCUT2D eigenvalue weighted by molar-refractivity contribution is 5.00. The molecule has 0 atom stereocenters. The van der Waals surface area contributed by atoms with E-state index in [9.17, 15) is 26.3 Å². The first-order valence-corrected chi connectivity index (χ1v) is 5.26. The van der Waals surface area contributed by atoms with Crippen LogP contribution >= 0.6 is 0 Å². The van der Waals surface area contributed by atoms with Gasteiger partial charge < -0.3 is 9.73 Å². The predicted molar refractivity (Wildman–Crippen MR) is 51.4 cm³/mol. The molecule has 1 rings (SSSR count). The Morgan fingerprint density at radius 3 is 2.16 bits per heavy atom. The van der Waals surface area contributed by atoms with Gasteiger partial charge in [0.15, 0.2) is 0 Å². The van der Waals surface area contributed by atoms with Crippen LogP contribution in [0.1, 0.15) is 24.1 Å². The van der Waals surface area contributed by atoms with E-state index in [1.807, 2.05) is 0 Å². The molecule has 110 valence electrons. The Morgan fingerprint density at radius 1 is 1.11 bits per heavy atom. The summed E-state index contributed by atoms with van der Waals surface area (Å²) >= 11 is 0. The van der Waals surface area contributed by atoms with Crippen molar-refractivity contribution in [1.29, 1.82) is 0 Å². The summed E-state index contributed by atoms with van der Waals surface area (Å²) in [6.45, 7) is 0.527. The van der Waals surface area contributed by atoms with E-state index in [0.29, 0.717) is 13.0 Å². The number of aromatic nitrogens is 2. The van der Waals surface area contributed by atoms with Crippen LogP contribution in [0, 0.1) is 0 Å². The van der Waals surface area contributed by atoms with Crippen LogP contribution in [-0.2, 0) is 6.42 Å². The summed E-state index contributed by atoms with van der Waals surface area (Å²) in [5.41, 5.74) is 0. The molecule has 0 unspecified atom stereocenters. The summed E-state index contributed by atoms with van der Waals surface area (Å²) in [5.74, 6) is -5.46. The molecule has 0 saturated heterocycles. The lowest BCUT2D eigenvalue weighted by molar-refractivity contribution is -0.258. The Hall–Kier alpha value is -1.32. The van der Waals surface area contributed by atoms with Gasteiger partial charge in [-0.25, -0.2) is 0 Å². The second kappa shape index (κ2) is 5.76. The van der Waals surface area contributed by atoms with Crippen molar-refractivity contribution in [2.75, 3.05) is 13.6 Å². The van der Waals surface area contributed by atoms with Gasteiger partial charge in [-0.2, -0.15) is 26.3 Å². The Morgan fingerprint density at radius 2 is 1.68 bits per heavy atom. The molecule has 0 aliphatic carbocycles. The number of hydrogen-bond acceptors (Lipinski definition) is 4. The minimum atomic E-state index is -5.52. The van der Waals surface area contributed by atoms with Crippen LogP contribution in [0.2, 0.25) is 0 Å². The molecule has 0 saturated carbocycles. The van der Waals surface area contributed by atoms with E-state index < -0.39 is 24.2 Å². The fourth-order valence-electron chi connectivity index (χ4n) is 1.37. The standard InChI is InChI=1S/C9H11F6N3O/c1-16-4-2-3-5-17-18-7(19-5)6(8(10,11)12)9(13,14)15/h6,16H,2-4H2,1H3. The highest BCUT2D eigenvalue weighted by Crippen LogP contribution is 2.45. The molecule has 0 aromatic carbocycles. The fraction of sp³-hybridized carbons (Fsp3) is 0.778. The van der Waals surface area contributed by atoms with Crippen LogP contribution in [0.3, 0.4) is 0 Å². The molecule has 0 fully saturated rings. The molecule has 0 aliphatic rings. The SMILES string of the molecule is CNCCCc1nnc(C(C(F)(F)F)C(F)(F)F)o1. The van der Waals surface area contributed by atoms with E-state index in [4.69, 9.17) is 0 Å². The van der Waals surface area contributed by atoms with Crippen molar-refractivity contribution in [3.8, 4) is 0 Å². The fourth-order valence-corrected chi connectivity index (χ4v) is 1.37. The maximum Gasteiger partial charge on any atom is 0.409 e. The Kier molecular flexibility index (Phi) is 4.77. The third-order valence-electron chi connectivity index (χ3n) is 2.20. The zero-order valence-corrected chi connectivity index (χ0v) is 9.77. The minimum Gasteiger partial charge on any atom is -0.424 e. The largest absolute Gasteiger partial charge is 0.424 e. The predicted octanol–water partition coefficient (Wildman–Crippen LogP) is 2.43. The normalized spacial score (nSPS) is 13.3. The topological polar surface area (TPSA) is 51.0 Å². The van der Waals surface area contributed by atoms with Gasteiger partial charge in [0, 0.05) is 6.42 Å². The molecular formula is C9H11F6N3O. The summed E-state index contributed by atoms with van der Waals surface area (Å²) in [6.07, 6.45) is -10.5. The molecule has 19 heavy (non-hydrogen) atoms. The van der Waals surface area contributed by atoms with Crippen LogP contribution in [0.4, 0.5) is 26.3 Å². The van der Waals surface area contributed by atoms with E-state index in [0.717, 1.165) is 0 Å². The van der Waals surface area contributed by atoms with E-state index in [2.05, 4.69) is 19.9 Å². The number of hydrogen-bond donors (Lipinski definition) is 1. The van der Waals surface area contributed by atoms with Gasteiger partial charge in [-0.05, 0) is 20.0 Å². The molecule has 4 nitrogen and oxygen atoms in total. The number of aryl methyl sites for hydroxylation is 1. The van der Waals surface area contributed by atoms with Gasteiger partial charge in [-0.1, -0.05) is 0 Å². The molecule has 1 aromatic heterocycles. The number of nitrogens with one attached hydrogen (secondary N) is 1. The van der Waals surface area contributed by atoms with Gasteiger partial charge >= 0.3 is 12.4 Å². The maximum absolute atomic E-state index is 12.4. The molecule has 10 heteroatoms. The van der Waals surface area contributed by atoms with Gasteiger partial charge in [-0.3, -0.25) is 0 Å². The Balaban J connectivity index is 2.87. The minimum absolute atomic E-state index is 0.107. The smallest absolute Gasteiger partial charge is 0.409 e. The summed E-state index contributed by atoms with van der Waals surface area (Å²) in [5, 5.41) is 8.81. The maximum atomic E-state index is 12.4. The van der Waals surface area contributed by atoms with Crippen LogP contribution in [0.5, 0.6) is 0 Å². The van der Waals surface area contributed by atoms with Crippen molar-refractivity contribution in [3.63, 3.8) is 0 Å². The van der Waals surface area contributed by atoms with Crippen molar-refractivity contribution in [2.45, 2.75) is 31.1 Å². The lowest BCUT2D eigenvalue weighted by atomic mass is 10.1. The molecule has 0 radical (unpaired) electrons. The summed E-state index contributed by atoms with van der Waals surface area (Å²) in [4.78, 5) is 0. The highest BCUT2D eigenvalue weighted by Gasteiger charge is 2.60. The molecule has 1 heterocycles. The van der Waals surface area contributed by atoms with Gasteiger partial charge in [0.05, 0.1) is 0 Å². The molecule has 0 bridgehead atoms. The highest BCUT2D eigenvalue weighted by atomic mass is 19.4. The number of nitrogens with zero attached hydrogens (tertiary/aromatic N) is 2. The van der Waals surface area contributed by atoms with Crippen molar-refractivity contribution in [2.24, 2.45) is 0 Å². The first-order valence-electron chi connectivity index (χ1n) is 5.26. The lowest BCUT2D eigenvalue weighted by Crippen LogP contribution is -2.34. The first-order chi connectivity index (χ1) is 8.66. The average Bonchev–Trinajstić information content (AvgIpc) is 2.62. The second-order valence-corrected chi connectivity index (χ2v) is 3.76. The monoisotopic (exact) mass is 291 g/mol. The number of alkyl halides is 6. The number of rotatable bonds is 5. The van der Waals surface area contributed by atoms with Crippen molar-refractivity contribution in [1.82, 2.24) is 15.5 Å². The molecule has 0 spiro atoms. The van der Waals surface area contributed by atoms with Crippen LogP contribution in [0.25, 0.3) is 0 Å². The molecule has 0 aliphatic heterocycles. The first kappa shape index (κ1) is 15.7. The zero-order valence-electron chi connectivity index (χ0n) is 9.77. The molecular weight excluding hydrogens is 280 g/mol. The van der Waals surface area contributed by atoms with Crippen LogP contribution < -0.4 is 5.32 Å². The lowest BCUT2D eigenvalue weighted by Gasteiger charge is -2.19. The Labute approximate surface area is 104 Å². The quantitative estimate of drug-likeness (QED) is 0.668. The van der Waals surface area contributed by atoms with Gasteiger partial charge in [0.2, 0.25) is 17.7 Å². The van der Waals surface area contributed by atoms with Crippen molar-refractivity contribution >= 4 is 0 Å². The summed E-state index contributed by atoms with van der Waals surface area (Å²) in [7, 11) is 1.66. The van der Waals surface area contributed by atoms with Gasteiger partial charge in [0.25, 0.3) is 0 Å². The zero-order chi connectivity index (χ0) is 14.7. The molecule has 0 amide bonds. The third-order valence-corrected chi connectivity index (χ3v) is 2.20. The van der Waals surface area contributed by atoms with E-state index in [1.54, 1.807) is 7.05 Å². The summed E-state index contributed by atoms with van der Waals surface area (Å²) in [6, 6.07) is 0. The van der Waals surface area contributed by atoms with Crippen LogP contribution in [0.15, 0.2) is 4.42 Å². The molecule has 1 aromatic rings. The van der Waals surface area contributed by atoms with Gasteiger partial charge in [-0.15, -0.1) is 10.2 Å². The Bertz CT molecular complexity index is 385.